The minimum absolute atomic E-state index is 0.558. The third-order valence-electron chi connectivity index (χ3n) is 4.22. The molecule has 0 saturated carbocycles. The Balaban J connectivity index is 1.75. The molecule has 1 aliphatic heterocycles. The number of ether oxygens (including phenoxy) is 1. The van der Waals surface area contributed by atoms with Gasteiger partial charge >= 0.3 is 5.97 Å². The van der Waals surface area contributed by atoms with Crippen LogP contribution in [0.4, 0.5) is 0 Å². The number of hydrogen-bond acceptors (Lipinski definition) is 4. The first kappa shape index (κ1) is 13.9. The molecule has 3 rings (SSSR count). The van der Waals surface area contributed by atoms with Crippen LogP contribution in [-0.4, -0.2) is 36.2 Å². The summed E-state index contributed by atoms with van der Waals surface area (Å²) >= 11 is 0. The molecule has 1 atom stereocenters. The first-order valence-electron chi connectivity index (χ1n) is 7.02. The number of rotatable bonds is 4. The number of methoxy groups -OCH3 is 1. The predicted molar refractivity (Wildman–Crippen MR) is 78.4 cm³/mol. The molecule has 2 heterocycles. The molecule has 21 heavy (non-hydrogen) atoms. The fraction of sp³-hybridized carbons (Fsp3) is 0.438. The van der Waals surface area contributed by atoms with Crippen molar-refractivity contribution in [3.63, 3.8) is 0 Å². The van der Waals surface area contributed by atoms with E-state index in [9.17, 15) is 9.90 Å². The van der Waals surface area contributed by atoms with Crippen molar-refractivity contribution < 1.29 is 19.1 Å². The Morgan fingerprint density at radius 3 is 2.95 bits per heavy atom. The van der Waals surface area contributed by atoms with E-state index in [1.165, 1.54) is 0 Å². The lowest BCUT2D eigenvalue weighted by Gasteiger charge is -2.19. The van der Waals surface area contributed by atoms with Gasteiger partial charge in [-0.2, -0.15) is 0 Å². The number of carboxylic acid groups (broad SMARTS) is 1. The summed E-state index contributed by atoms with van der Waals surface area (Å²) in [6.45, 7) is 3.78. The Morgan fingerprint density at radius 1 is 1.48 bits per heavy atom. The minimum atomic E-state index is -0.723. The van der Waals surface area contributed by atoms with Crippen molar-refractivity contribution >= 4 is 16.9 Å². The van der Waals surface area contributed by atoms with Crippen LogP contribution >= 0.6 is 0 Å². The number of carbonyl (C=O) groups is 1. The number of likely N-dealkylation sites (tertiary alicyclic amines) is 1. The first-order valence-corrected chi connectivity index (χ1v) is 7.02. The van der Waals surface area contributed by atoms with Gasteiger partial charge in [0.25, 0.3) is 0 Å². The molecule has 0 bridgehead atoms. The molecule has 1 aliphatic rings. The number of hydrogen-bond donors (Lipinski definition) is 1. The molecule has 5 heteroatoms. The van der Waals surface area contributed by atoms with Crippen LogP contribution in [0.1, 0.15) is 19.1 Å². The van der Waals surface area contributed by atoms with Crippen LogP contribution < -0.4 is 4.74 Å². The summed E-state index contributed by atoms with van der Waals surface area (Å²) in [7, 11) is 1.64. The van der Waals surface area contributed by atoms with E-state index in [0.29, 0.717) is 19.5 Å². The molecule has 1 N–H and O–H groups in total. The van der Waals surface area contributed by atoms with Crippen LogP contribution in [0.25, 0.3) is 11.0 Å². The van der Waals surface area contributed by atoms with Gasteiger partial charge in [0, 0.05) is 11.9 Å². The monoisotopic (exact) mass is 289 g/mol. The van der Waals surface area contributed by atoms with Gasteiger partial charge in [-0.25, -0.2) is 0 Å². The Bertz CT molecular complexity index is 678. The summed E-state index contributed by atoms with van der Waals surface area (Å²) in [4.78, 5) is 13.4. The van der Waals surface area contributed by atoms with E-state index in [-0.39, 0.29) is 0 Å². The first-order chi connectivity index (χ1) is 10.00. The predicted octanol–water partition coefficient (Wildman–Crippen LogP) is 2.74. The van der Waals surface area contributed by atoms with E-state index in [4.69, 9.17) is 9.15 Å². The van der Waals surface area contributed by atoms with E-state index in [1.54, 1.807) is 14.0 Å². The average molecular weight is 289 g/mol. The van der Waals surface area contributed by atoms with Crippen molar-refractivity contribution in [1.82, 2.24) is 4.90 Å². The second-order valence-electron chi connectivity index (χ2n) is 5.94. The van der Waals surface area contributed by atoms with Gasteiger partial charge in [0.15, 0.2) is 0 Å². The molecule has 0 spiro atoms. The zero-order valence-electron chi connectivity index (χ0n) is 12.3. The summed E-state index contributed by atoms with van der Waals surface area (Å²) in [6.07, 6.45) is 0.677. The van der Waals surface area contributed by atoms with Crippen LogP contribution in [0, 0.1) is 5.41 Å². The van der Waals surface area contributed by atoms with Crippen LogP contribution in [0.5, 0.6) is 5.75 Å². The lowest BCUT2D eigenvalue weighted by atomic mass is 9.90. The number of benzene rings is 1. The largest absolute Gasteiger partial charge is 0.497 e. The fourth-order valence-electron chi connectivity index (χ4n) is 2.87. The smallest absolute Gasteiger partial charge is 0.310 e. The van der Waals surface area contributed by atoms with Crippen LogP contribution in [0.15, 0.2) is 28.7 Å². The third kappa shape index (κ3) is 2.61. The van der Waals surface area contributed by atoms with E-state index < -0.39 is 11.4 Å². The maximum Gasteiger partial charge on any atom is 0.310 e. The van der Waals surface area contributed by atoms with E-state index >= 15 is 0 Å². The molecule has 1 aromatic carbocycles. The molecule has 5 nitrogen and oxygen atoms in total. The Kier molecular flexibility index (Phi) is 3.37. The van der Waals surface area contributed by atoms with Crippen molar-refractivity contribution in [3.8, 4) is 5.75 Å². The summed E-state index contributed by atoms with van der Waals surface area (Å²) in [5.41, 5.74) is 0.181. The van der Waals surface area contributed by atoms with Gasteiger partial charge in [0.05, 0.1) is 19.1 Å². The molecule has 0 amide bonds. The highest BCUT2D eigenvalue weighted by Crippen LogP contribution is 2.32. The van der Waals surface area contributed by atoms with E-state index in [0.717, 1.165) is 29.0 Å². The maximum atomic E-state index is 11.3. The highest BCUT2D eigenvalue weighted by molar-refractivity contribution is 5.79. The maximum absolute atomic E-state index is 11.3. The summed E-state index contributed by atoms with van der Waals surface area (Å²) < 4.78 is 11.0. The molecule has 1 fully saturated rings. The standard InChI is InChI=1S/C16H19NO4/c1-16(15(18)19)5-6-17(10-16)9-13-8-11-7-12(20-2)3-4-14(11)21-13/h3-4,7-8H,5-6,9-10H2,1-2H3,(H,18,19). The number of aliphatic carboxylic acids is 1. The Hall–Kier alpha value is -2.01. The highest BCUT2D eigenvalue weighted by atomic mass is 16.5. The number of carboxylic acids is 1. The van der Waals surface area contributed by atoms with E-state index in [1.807, 2.05) is 24.3 Å². The SMILES string of the molecule is COc1ccc2oc(CN3CCC(C)(C(=O)O)C3)cc2c1. The molecule has 1 unspecified atom stereocenters. The highest BCUT2D eigenvalue weighted by Gasteiger charge is 2.40. The Labute approximate surface area is 123 Å². The quantitative estimate of drug-likeness (QED) is 0.937. The van der Waals surface area contributed by atoms with Crippen molar-refractivity contribution in [2.45, 2.75) is 19.9 Å². The molecular weight excluding hydrogens is 270 g/mol. The molecular formula is C16H19NO4. The van der Waals surface area contributed by atoms with Gasteiger partial charge in [-0.3, -0.25) is 9.69 Å². The topological polar surface area (TPSA) is 62.9 Å². The van der Waals surface area contributed by atoms with Crippen molar-refractivity contribution in [1.29, 1.82) is 0 Å². The van der Waals surface area contributed by atoms with Gasteiger partial charge < -0.3 is 14.3 Å². The molecule has 2 aromatic rings. The van der Waals surface area contributed by atoms with E-state index in [2.05, 4.69) is 4.90 Å². The lowest BCUT2D eigenvalue weighted by Crippen LogP contribution is -2.31. The normalized spacial score (nSPS) is 22.8. The molecule has 112 valence electrons. The zero-order chi connectivity index (χ0) is 15.0. The van der Waals surface area contributed by atoms with Crippen molar-refractivity contribution in [3.05, 3.63) is 30.0 Å². The molecule has 1 aromatic heterocycles. The summed E-state index contributed by atoms with van der Waals surface area (Å²) in [5, 5.41) is 10.3. The van der Waals surface area contributed by atoms with Gasteiger partial charge in [0.2, 0.25) is 0 Å². The van der Waals surface area contributed by atoms with Crippen LogP contribution in [-0.2, 0) is 11.3 Å². The Morgan fingerprint density at radius 2 is 2.29 bits per heavy atom. The fourth-order valence-corrected chi connectivity index (χ4v) is 2.87. The second kappa shape index (κ2) is 5.07. The molecule has 0 radical (unpaired) electrons. The lowest BCUT2D eigenvalue weighted by molar-refractivity contribution is -0.147. The summed E-state index contributed by atoms with van der Waals surface area (Å²) in [6, 6.07) is 7.69. The molecule has 0 aliphatic carbocycles. The average Bonchev–Trinajstić information content (AvgIpc) is 3.02. The third-order valence-corrected chi connectivity index (χ3v) is 4.22. The number of fused-ring (bicyclic) bond motifs is 1. The van der Waals surface area contributed by atoms with Gasteiger partial charge in [-0.05, 0) is 44.2 Å². The molecule has 1 saturated heterocycles. The van der Waals surface area contributed by atoms with Crippen LogP contribution in [0.2, 0.25) is 0 Å². The van der Waals surface area contributed by atoms with Crippen LogP contribution in [0.3, 0.4) is 0 Å². The number of furan rings is 1. The van der Waals surface area contributed by atoms with Gasteiger partial charge in [-0.1, -0.05) is 0 Å². The van der Waals surface area contributed by atoms with Gasteiger partial charge in [-0.15, -0.1) is 0 Å². The van der Waals surface area contributed by atoms with Crippen molar-refractivity contribution in [2.24, 2.45) is 5.41 Å². The second-order valence-corrected chi connectivity index (χ2v) is 5.94. The minimum Gasteiger partial charge on any atom is -0.497 e. The van der Waals surface area contributed by atoms with Gasteiger partial charge in [0.1, 0.15) is 17.1 Å². The zero-order valence-corrected chi connectivity index (χ0v) is 12.3. The van der Waals surface area contributed by atoms with Crippen molar-refractivity contribution in [2.75, 3.05) is 20.2 Å². The number of nitrogens with zero attached hydrogens (tertiary/aromatic N) is 1. The summed E-state index contributed by atoms with van der Waals surface area (Å²) in [5.74, 6) is 0.932.